The zero-order valence-corrected chi connectivity index (χ0v) is 16.3. The maximum Gasteiger partial charge on any atom is 0.199 e. The number of fused-ring (bicyclic) bond motifs is 2. The van der Waals surface area contributed by atoms with Gasteiger partial charge in [0, 0.05) is 17.7 Å². The summed E-state index contributed by atoms with van der Waals surface area (Å²) in [7, 11) is -1.54. The van der Waals surface area contributed by atoms with Crippen LogP contribution in [0.2, 0.25) is 0 Å². The molecule has 132 valence electrons. The third-order valence-electron chi connectivity index (χ3n) is 6.38. The van der Waals surface area contributed by atoms with Crippen LogP contribution in [0.4, 0.5) is 0 Å². The molecule has 0 bridgehead atoms. The SMILES string of the molecule is C1=CC([SiH](OCC2CCCC2)C2C=Cc3ccccc32)c2ccccc21. The van der Waals surface area contributed by atoms with Gasteiger partial charge in [0.1, 0.15) is 0 Å². The molecular weight excluding hydrogens is 332 g/mol. The van der Waals surface area contributed by atoms with E-state index in [2.05, 4.69) is 72.8 Å². The van der Waals surface area contributed by atoms with Crippen LogP contribution in [0.5, 0.6) is 0 Å². The summed E-state index contributed by atoms with van der Waals surface area (Å²) in [6, 6.07) is 17.8. The van der Waals surface area contributed by atoms with Gasteiger partial charge >= 0.3 is 0 Å². The smallest absolute Gasteiger partial charge is 0.199 e. The van der Waals surface area contributed by atoms with Crippen molar-refractivity contribution in [1.29, 1.82) is 0 Å². The van der Waals surface area contributed by atoms with Gasteiger partial charge in [-0.3, -0.25) is 0 Å². The highest BCUT2D eigenvalue weighted by molar-refractivity contribution is 6.57. The summed E-state index contributed by atoms with van der Waals surface area (Å²) >= 11 is 0. The summed E-state index contributed by atoms with van der Waals surface area (Å²) in [4.78, 5) is 0. The van der Waals surface area contributed by atoms with Crippen molar-refractivity contribution < 1.29 is 4.43 Å². The van der Waals surface area contributed by atoms with Gasteiger partial charge in [0.25, 0.3) is 0 Å². The first kappa shape index (κ1) is 16.3. The van der Waals surface area contributed by atoms with Gasteiger partial charge < -0.3 is 4.43 Å². The van der Waals surface area contributed by atoms with Crippen LogP contribution in [0.3, 0.4) is 0 Å². The van der Waals surface area contributed by atoms with E-state index in [9.17, 15) is 0 Å². The van der Waals surface area contributed by atoms with E-state index < -0.39 is 9.04 Å². The predicted octanol–water partition coefficient (Wildman–Crippen LogP) is 5.62. The molecule has 0 radical (unpaired) electrons. The first-order valence-corrected chi connectivity index (χ1v) is 11.9. The Morgan fingerprint density at radius 1 is 0.769 bits per heavy atom. The largest absolute Gasteiger partial charge is 0.418 e. The van der Waals surface area contributed by atoms with Crippen molar-refractivity contribution >= 4 is 21.2 Å². The lowest BCUT2D eigenvalue weighted by Crippen LogP contribution is -2.34. The Labute approximate surface area is 158 Å². The van der Waals surface area contributed by atoms with Crippen molar-refractivity contribution in [3.05, 3.63) is 82.9 Å². The molecular formula is C24H26OSi. The summed E-state index contributed by atoms with van der Waals surface area (Å²) in [6.07, 6.45) is 14.9. The van der Waals surface area contributed by atoms with E-state index in [1.807, 2.05) is 0 Å². The van der Waals surface area contributed by atoms with E-state index in [1.165, 1.54) is 47.9 Å². The Balaban J connectivity index is 1.46. The van der Waals surface area contributed by atoms with Crippen molar-refractivity contribution in [2.75, 3.05) is 6.61 Å². The number of hydrogen-bond acceptors (Lipinski definition) is 1. The molecule has 1 saturated carbocycles. The van der Waals surface area contributed by atoms with Gasteiger partial charge in [0.05, 0.1) is 0 Å². The van der Waals surface area contributed by atoms with Gasteiger partial charge in [-0.1, -0.05) is 85.7 Å². The van der Waals surface area contributed by atoms with Gasteiger partial charge in [-0.25, -0.2) is 0 Å². The molecule has 1 nitrogen and oxygen atoms in total. The first-order valence-electron chi connectivity index (χ1n) is 10.1. The lowest BCUT2D eigenvalue weighted by atomic mass is 10.1. The molecule has 0 spiro atoms. The highest BCUT2D eigenvalue weighted by atomic mass is 28.3. The van der Waals surface area contributed by atoms with Crippen LogP contribution in [0, 0.1) is 5.92 Å². The average molecular weight is 359 g/mol. The van der Waals surface area contributed by atoms with Crippen LogP contribution in [-0.4, -0.2) is 15.6 Å². The average Bonchev–Trinajstić information content (AvgIpc) is 3.43. The van der Waals surface area contributed by atoms with Crippen molar-refractivity contribution in [3.8, 4) is 0 Å². The molecule has 0 heterocycles. The van der Waals surface area contributed by atoms with Gasteiger partial charge in [-0.15, -0.1) is 0 Å². The summed E-state index contributed by atoms with van der Waals surface area (Å²) in [6.45, 7) is 0.968. The van der Waals surface area contributed by atoms with Crippen LogP contribution in [0.15, 0.2) is 60.7 Å². The molecule has 0 aromatic heterocycles. The van der Waals surface area contributed by atoms with E-state index >= 15 is 0 Å². The normalized spacial score (nSPS) is 24.8. The molecule has 2 aromatic carbocycles. The molecule has 3 aliphatic carbocycles. The lowest BCUT2D eigenvalue weighted by molar-refractivity contribution is 0.246. The fourth-order valence-corrected chi connectivity index (χ4v) is 8.31. The number of rotatable bonds is 5. The molecule has 0 saturated heterocycles. The Bertz CT molecular complexity index is 785. The molecule has 1 fully saturated rings. The van der Waals surface area contributed by atoms with Crippen LogP contribution < -0.4 is 0 Å². The van der Waals surface area contributed by atoms with E-state index in [0.29, 0.717) is 11.1 Å². The summed E-state index contributed by atoms with van der Waals surface area (Å²) in [5, 5.41) is 0. The van der Waals surface area contributed by atoms with Crippen molar-refractivity contribution in [1.82, 2.24) is 0 Å². The molecule has 5 rings (SSSR count). The zero-order valence-electron chi connectivity index (χ0n) is 15.2. The molecule has 0 aliphatic heterocycles. The minimum absolute atomic E-state index is 0.480. The van der Waals surface area contributed by atoms with Crippen LogP contribution in [-0.2, 0) is 4.43 Å². The lowest BCUT2D eigenvalue weighted by Gasteiger charge is -2.29. The summed E-state index contributed by atoms with van der Waals surface area (Å²) < 4.78 is 6.84. The van der Waals surface area contributed by atoms with Gasteiger partial charge in [0.15, 0.2) is 9.04 Å². The van der Waals surface area contributed by atoms with Crippen LogP contribution in [0.1, 0.15) is 59.0 Å². The molecule has 2 unspecified atom stereocenters. The second kappa shape index (κ2) is 7.01. The monoisotopic (exact) mass is 358 g/mol. The minimum atomic E-state index is -1.54. The molecule has 2 aromatic rings. The molecule has 2 atom stereocenters. The topological polar surface area (TPSA) is 9.23 Å². The quantitative estimate of drug-likeness (QED) is 0.631. The predicted molar refractivity (Wildman–Crippen MR) is 111 cm³/mol. The van der Waals surface area contributed by atoms with Crippen molar-refractivity contribution in [3.63, 3.8) is 0 Å². The Morgan fingerprint density at radius 2 is 1.31 bits per heavy atom. The number of hydrogen-bond donors (Lipinski definition) is 0. The van der Waals surface area contributed by atoms with Gasteiger partial charge in [0.2, 0.25) is 0 Å². The van der Waals surface area contributed by atoms with E-state index in [0.717, 1.165) is 12.5 Å². The van der Waals surface area contributed by atoms with E-state index in [4.69, 9.17) is 4.43 Å². The number of benzene rings is 2. The molecule has 26 heavy (non-hydrogen) atoms. The summed E-state index contributed by atoms with van der Waals surface area (Å²) in [5.41, 5.74) is 6.69. The Hall–Kier alpha value is -1.90. The van der Waals surface area contributed by atoms with Crippen molar-refractivity contribution in [2.24, 2.45) is 5.92 Å². The molecule has 0 amide bonds. The van der Waals surface area contributed by atoms with Crippen LogP contribution in [0.25, 0.3) is 12.2 Å². The van der Waals surface area contributed by atoms with Gasteiger partial charge in [-0.2, -0.15) is 0 Å². The standard InChI is InChI=1S/C24H26OSi/c1-2-8-18(7-1)17-25-26(23-15-13-19-9-3-5-11-21(19)23)24-16-14-20-10-4-6-12-22(20)24/h3-6,9-16,18,23-24,26H,1-2,7-8,17H2. The highest BCUT2D eigenvalue weighted by Crippen LogP contribution is 2.41. The maximum atomic E-state index is 6.84. The van der Waals surface area contributed by atoms with Gasteiger partial charge in [-0.05, 0) is 41.0 Å². The maximum absolute atomic E-state index is 6.84. The third-order valence-corrected chi connectivity index (χ3v) is 9.54. The molecule has 3 aliphatic rings. The molecule has 0 N–H and O–H groups in total. The minimum Gasteiger partial charge on any atom is -0.418 e. The zero-order chi connectivity index (χ0) is 17.3. The van der Waals surface area contributed by atoms with E-state index in [-0.39, 0.29) is 0 Å². The molecule has 2 heteroatoms. The summed E-state index contributed by atoms with van der Waals surface area (Å²) in [5.74, 6) is 0.784. The Kier molecular flexibility index (Phi) is 4.39. The second-order valence-corrected chi connectivity index (χ2v) is 10.7. The fourth-order valence-electron chi connectivity index (χ4n) is 4.98. The van der Waals surface area contributed by atoms with Crippen molar-refractivity contribution in [2.45, 2.75) is 36.8 Å². The third kappa shape index (κ3) is 2.91. The Morgan fingerprint density at radius 3 is 1.88 bits per heavy atom. The highest BCUT2D eigenvalue weighted by Gasteiger charge is 2.37. The van der Waals surface area contributed by atoms with Crippen LogP contribution >= 0.6 is 0 Å². The van der Waals surface area contributed by atoms with E-state index in [1.54, 1.807) is 0 Å². The first-order chi connectivity index (χ1) is 12.9. The fraction of sp³-hybridized carbons (Fsp3) is 0.333. The number of allylic oxidation sites excluding steroid dienone is 2. The second-order valence-electron chi connectivity index (χ2n) is 7.98.